The summed E-state index contributed by atoms with van der Waals surface area (Å²) in [5.41, 5.74) is 3.42. The van der Waals surface area contributed by atoms with E-state index in [0.717, 1.165) is 9.22 Å². The number of allylic oxidation sites excluding steroid dienone is 1. The van der Waals surface area contributed by atoms with Crippen molar-refractivity contribution in [2.45, 2.75) is 11.1 Å². The zero-order valence-corrected chi connectivity index (χ0v) is 11.9. The lowest BCUT2D eigenvalue weighted by molar-refractivity contribution is 0.237. The molecule has 20 heavy (non-hydrogen) atoms. The van der Waals surface area contributed by atoms with Crippen LogP contribution >= 0.6 is 23.3 Å². The van der Waals surface area contributed by atoms with Crippen molar-refractivity contribution in [1.29, 1.82) is 5.26 Å². The van der Waals surface area contributed by atoms with E-state index in [2.05, 4.69) is 31.2 Å². The average Bonchev–Trinajstić information content (AvgIpc) is 2.90. The fourth-order valence-corrected chi connectivity index (χ4v) is 3.13. The summed E-state index contributed by atoms with van der Waals surface area (Å²) in [6, 6.07) is 2.05. The first-order chi connectivity index (χ1) is 9.78. The molecule has 0 fully saturated rings. The van der Waals surface area contributed by atoms with Gasteiger partial charge in [-0.1, -0.05) is 0 Å². The van der Waals surface area contributed by atoms with E-state index in [4.69, 9.17) is 10.1 Å². The van der Waals surface area contributed by atoms with E-state index in [0.29, 0.717) is 22.8 Å². The second-order valence-corrected chi connectivity index (χ2v) is 6.03. The fraction of sp³-hybridized carbons (Fsp3) is 0.0909. The molecule has 1 aliphatic rings. The molecule has 0 saturated carbocycles. The van der Waals surface area contributed by atoms with Gasteiger partial charge in [-0.3, -0.25) is 0 Å². The molecule has 2 N–H and O–H groups in total. The van der Waals surface area contributed by atoms with Crippen LogP contribution in [0, 0.1) is 18.3 Å². The molecule has 0 atom stereocenters. The molecular weight excluding hydrogens is 296 g/mol. The van der Waals surface area contributed by atoms with Gasteiger partial charge < -0.3 is 9.56 Å². The highest BCUT2D eigenvalue weighted by molar-refractivity contribution is 8.02. The maximum Gasteiger partial charge on any atom is 0.225 e. The summed E-state index contributed by atoms with van der Waals surface area (Å²) in [5, 5.41) is 10.0. The third-order valence-corrected chi connectivity index (χ3v) is 4.20. The first kappa shape index (κ1) is 12.7. The highest BCUT2D eigenvalue weighted by atomic mass is 32.2. The fourth-order valence-electron chi connectivity index (χ4n) is 1.52. The summed E-state index contributed by atoms with van der Waals surface area (Å²) in [6.45, 7) is 1.94. The zero-order chi connectivity index (χ0) is 13.9. The minimum Gasteiger partial charge on any atom is -0.376 e. The van der Waals surface area contributed by atoms with Gasteiger partial charge in [-0.2, -0.15) is 5.26 Å². The highest BCUT2D eigenvalue weighted by Gasteiger charge is 2.20. The van der Waals surface area contributed by atoms with Crippen molar-refractivity contribution in [3.05, 3.63) is 29.4 Å². The van der Waals surface area contributed by atoms with Gasteiger partial charge in [0.05, 0.1) is 17.4 Å². The Hall–Kier alpha value is -2.31. The van der Waals surface area contributed by atoms with Gasteiger partial charge in [-0.05, 0) is 18.9 Å². The Kier molecular flexibility index (Phi) is 3.41. The molecule has 7 nitrogen and oxygen atoms in total. The monoisotopic (exact) mass is 304 g/mol. The SMILES string of the molecule is Cc1ncc(SNc2ncnc3c2ONC=C3C#N)s1. The van der Waals surface area contributed by atoms with E-state index >= 15 is 0 Å². The summed E-state index contributed by atoms with van der Waals surface area (Å²) in [6.07, 6.45) is 4.63. The minimum absolute atomic E-state index is 0.398. The summed E-state index contributed by atoms with van der Waals surface area (Å²) in [4.78, 5) is 17.6. The number of nitrogens with zero attached hydrogens (tertiary/aromatic N) is 4. The minimum atomic E-state index is 0.398. The van der Waals surface area contributed by atoms with E-state index in [9.17, 15) is 0 Å². The van der Waals surface area contributed by atoms with Crippen LogP contribution in [0.2, 0.25) is 0 Å². The molecule has 0 unspecified atom stereocenters. The van der Waals surface area contributed by atoms with Gasteiger partial charge in [0.15, 0.2) is 5.82 Å². The molecule has 0 aromatic carbocycles. The molecule has 3 rings (SSSR count). The van der Waals surface area contributed by atoms with Crippen LogP contribution in [0.1, 0.15) is 10.7 Å². The molecule has 1 aliphatic heterocycles. The molecule has 0 amide bonds. The highest BCUT2D eigenvalue weighted by Crippen LogP contribution is 2.34. The summed E-state index contributed by atoms with van der Waals surface area (Å²) in [5.74, 6) is 0.902. The average molecular weight is 304 g/mol. The van der Waals surface area contributed by atoms with E-state index in [1.54, 1.807) is 17.5 Å². The summed E-state index contributed by atoms with van der Waals surface area (Å²) >= 11 is 2.96. The van der Waals surface area contributed by atoms with Crippen LogP contribution in [-0.4, -0.2) is 15.0 Å². The van der Waals surface area contributed by atoms with E-state index in [-0.39, 0.29) is 0 Å². The zero-order valence-electron chi connectivity index (χ0n) is 10.2. The molecule has 3 heterocycles. The van der Waals surface area contributed by atoms with E-state index < -0.39 is 0 Å². The molecule has 0 aliphatic carbocycles. The molecule has 0 radical (unpaired) electrons. The van der Waals surface area contributed by atoms with Crippen LogP contribution in [0.15, 0.2) is 22.9 Å². The van der Waals surface area contributed by atoms with Crippen molar-refractivity contribution in [3.8, 4) is 11.8 Å². The molecule has 0 saturated heterocycles. The topological polar surface area (TPSA) is 95.8 Å². The van der Waals surface area contributed by atoms with Gasteiger partial charge in [0, 0.05) is 0 Å². The van der Waals surface area contributed by atoms with Crippen molar-refractivity contribution in [2.75, 3.05) is 4.72 Å². The number of rotatable bonds is 3. The largest absolute Gasteiger partial charge is 0.376 e. The van der Waals surface area contributed by atoms with Crippen molar-refractivity contribution in [2.24, 2.45) is 0 Å². The number of aryl methyl sites for hydroxylation is 1. The Morgan fingerprint density at radius 2 is 2.35 bits per heavy atom. The number of fused-ring (bicyclic) bond motifs is 1. The van der Waals surface area contributed by atoms with Crippen LogP contribution in [-0.2, 0) is 0 Å². The second-order valence-electron chi connectivity index (χ2n) is 3.69. The molecule has 2 aromatic heterocycles. The molecule has 9 heteroatoms. The Morgan fingerprint density at radius 1 is 1.45 bits per heavy atom. The third kappa shape index (κ3) is 2.38. The Bertz CT molecular complexity index is 720. The van der Waals surface area contributed by atoms with Crippen molar-refractivity contribution in [3.63, 3.8) is 0 Å². The lowest BCUT2D eigenvalue weighted by atomic mass is 10.2. The lowest BCUT2D eigenvalue weighted by Crippen LogP contribution is -2.19. The predicted octanol–water partition coefficient (Wildman–Crippen LogP) is 2.12. The second kappa shape index (κ2) is 5.36. The van der Waals surface area contributed by atoms with Gasteiger partial charge >= 0.3 is 0 Å². The van der Waals surface area contributed by atoms with Crippen LogP contribution in [0.4, 0.5) is 5.82 Å². The number of nitriles is 1. The molecule has 2 aromatic rings. The van der Waals surface area contributed by atoms with Crippen LogP contribution in [0.3, 0.4) is 0 Å². The van der Waals surface area contributed by atoms with Gasteiger partial charge in [0.1, 0.15) is 27.9 Å². The Balaban J connectivity index is 1.85. The number of anilines is 1. The van der Waals surface area contributed by atoms with Gasteiger partial charge in [0.2, 0.25) is 5.75 Å². The summed E-state index contributed by atoms with van der Waals surface area (Å²) in [7, 11) is 0. The molecule has 0 bridgehead atoms. The molecule has 0 spiro atoms. The quantitative estimate of drug-likeness (QED) is 0.832. The Labute approximate surface area is 122 Å². The Morgan fingerprint density at radius 3 is 3.10 bits per heavy atom. The lowest BCUT2D eigenvalue weighted by Gasteiger charge is -2.16. The maximum absolute atomic E-state index is 9.03. The number of hydrogen-bond donors (Lipinski definition) is 2. The van der Waals surface area contributed by atoms with Gasteiger partial charge in [-0.25, -0.2) is 20.4 Å². The number of hydrogen-bond acceptors (Lipinski definition) is 9. The smallest absolute Gasteiger partial charge is 0.225 e. The molecule has 100 valence electrons. The maximum atomic E-state index is 9.03. The number of hydroxylamine groups is 1. The number of aromatic nitrogens is 3. The van der Waals surface area contributed by atoms with Gasteiger partial charge in [-0.15, -0.1) is 11.3 Å². The van der Waals surface area contributed by atoms with E-state index in [1.807, 2.05) is 6.92 Å². The van der Waals surface area contributed by atoms with Crippen molar-refractivity contribution >= 4 is 34.7 Å². The predicted molar refractivity (Wildman–Crippen MR) is 75.7 cm³/mol. The first-order valence-electron chi connectivity index (χ1n) is 5.51. The van der Waals surface area contributed by atoms with Crippen molar-refractivity contribution in [1.82, 2.24) is 20.4 Å². The first-order valence-corrected chi connectivity index (χ1v) is 7.14. The number of thiazole rings is 1. The normalized spacial score (nSPS) is 12.5. The standard InChI is InChI=1S/C11H8N6OS2/c1-6-13-4-8(19-6)20-17-11-10-9(14-5-15-11)7(2-12)3-16-18-10/h3-5,16H,1H3,(H,14,15,17). The van der Waals surface area contributed by atoms with Crippen LogP contribution in [0.5, 0.6) is 5.75 Å². The molecular formula is C11H8N6OS2. The summed E-state index contributed by atoms with van der Waals surface area (Å²) < 4.78 is 4.09. The van der Waals surface area contributed by atoms with Crippen molar-refractivity contribution < 1.29 is 4.84 Å². The third-order valence-electron chi connectivity index (χ3n) is 2.39. The van der Waals surface area contributed by atoms with Crippen LogP contribution in [0.25, 0.3) is 5.57 Å². The van der Waals surface area contributed by atoms with Gasteiger partial charge in [0.25, 0.3) is 0 Å². The number of nitrogens with one attached hydrogen (secondary N) is 2. The van der Waals surface area contributed by atoms with Crippen LogP contribution < -0.4 is 15.0 Å². The van der Waals surface area contributed by atoms with E-state index in [1.165, 1.54) is 24.5 Å².